The minimum Gasteiger partial charge on any atom is -0.334 e. The average Bonchev–Trinajstić information content (AvgIpc) is 3.22. The molecule has 1 N–H and O–H groups in total. The first-order chi connectivity index (χ1) is 15.2. The lowest BCUT2D eigenvalue weighted by Crippen LogP contribution is -2.35. The lowest BCUT2D eigenvalue weighted by molar-refractivity contribution is -0.137. The van der Waals surface area contributed by atoms with Crippen molar-refractivity contribution in [2.75, 3.05) is 11.9 Å². The highest BCUT2D eigenvalue weighted by atomic mass is 32.1. The summed E-state index contributed by atoms with van der Waals surface area (Å²) in [7, 11) is 0. The number of benzene rings is 2. The number of halogens is 3. The van der Waals surface area contributed by atoms with E-state index in [2.05, 4.69) is 5.32 Å². The van der Waals surface area contributed by atoms with Gasteiger partial charge in [-0.2, -0.15) is 13.2 Å². The van der Waals surface area contributed by atoms with Crippen LogP contribution in [-0.2, 0) is 30.4 Å². The van der Waals surface area contributed by atoms with E-state index >= 15 is 0 Å². The summed E-state index contributed by atoms with van der Waals surface area (Å²) in [4.78, 5) is 28.7. The van der Waals surface area contributed by atoms with Crippen molar-refractivity contribution in [3.8, 4) is 0 Å². The van der Waals surface area contributed by atoms with Crippen molar-refractivity contribution in [2.45, 2.75) is 32.5 Å². The summed E-state index contributed by atoms with van der Waals surface area (Å²) >= 11 is 1.70. The highest BCUT2D eigenvalue weighted by Crippen LogP contribution is 2.30. The van der Waals surface area contributed by atoms with Crippen LogP contribution in [0.5, 0.6) is 0 Å². The van der Waals surface area contributed by atoms with Crippen LogP contribution in [0.3, 0.4) is 0 Å². The molecule has 8 heteroatoms. The van der Waals surface area contributed by atoms with Crippen LogP contribution in [0.1, 0.15) is 37.5 Å². The molecule has 2 heterocycles. The van der Waals surface area contributed by atoms with Gasteiger partial charge in [0.15, 0.2) is 0 Å². The number of alkyl halides is 3. The van der Waals surface area contributed by atoms with E-state index in [0.29, 0.717) is 29.9 Å². The number of amides is 2. The molecule has 1 aliphatic heterocycles. The van der Waals surface area contributed by atoms with Crippen LogP contribution < -0.4 is 5.32 Å². The molecule has 2 amide bonds. The SMILES string of the molecule is Cc1c(NC(=O)Cc2cccc(C(F)(F)F)c2)cccc1C(=O)N1CCc2sccc2C1. The van der Waals surface area contributed by atoms with Gasteiger partial charge in [0.25, 0.3) is 5.91 Å². The zero-order chi connectivity index (χ0) is 22.9. The van der Waals surface area contributed by atoms with E-state index in [9.17, 15) is 22.8 Å². The molecular weight excluding hydrogens is 437 g/mol. The summed E-state index contributed by atoms with van der Waals surface area (Å²) in [6.07, 6.45) is -3.84. The highest BCUT2D eigenvalue weighted by molar-refractivity contribution is 7.10. The summed E-state index contributed by atoms with van der Waals surface area (Å²) in [6.45, 7) is 2.95. The lowest BCUT2D eigenvalue weighted by atomic mass is 10.0. The molecule has 2 aromatic carbocycles. The predicted molar refractivity (Wildman–Crippen MR) is 118 cm³/mol. The van der Waals surface area contributed by atoms with Crippen LogP contribution in [0.15, 0.2) is 53.9 Å². The second-order valence-electron chi connectivity index (χ2n) is 7.75. The molecule has 0 bridgehead atoms. The fourth-order valence-corrected chi connectivity index (χ4v) is 4.72. The highest BCUT2D eigenvalue weighted by Gasteiger charge is 2.30. The summed E-state index contributed by atoms with van der Waals surface area (Å²) in [5.74, 6) is -0.550. The maximum absolute atomic E-state index is 13.1. The summed E-state index contributed by atoms with van der Waals surface area (Å²) in [5.41, 5.74) is 2.24. The average molecular weight is 459 g/mol. The number of anilines is 1. The first-order valence-corrected chi connectivity index (χ1v) is 11.0. The van der Waals surface area contributed by atoms with Crippen LogP contribution in [0.4, 0.5) is 18.9 Å². The van der Waals surface area contributed by atoms with E-state index in [0.717, 1.165) is 24.1 Å². The zero-order valence-corrected chi connectivity index (χ0v) is 18.1. The summed E-state index contributed by atoms with van der Waals surface area (Å²) < 4.78 is 38.7. The number of fused-ring (bicyclic) bond motifs is 1. The van der Waals surface area contributed by atoms with Crippen molar-refractivity contribution < 1.29 is 22.8 Å². The van der Waals surface area contributed by atoms with E-state index < -0.39 is 17.6 Å². The summed E-state index contributed by atoms with van der Waals surface area (Å²) in [6, 6.07) is 11.9. The fraction of sp³-hybridized carbons (Fsp3) is 0.250. The molecule has 0 spiro atoms. The van der Waals surface area contributed by atoms with Crippen LogP contribution in [-0.4, -0.2) is 23.3 Å². The molecule has 0 aliphatic carbocycles. The molecule has 1 aromatic heterocycles. The van der Waals surface area contributed by atoms with Gasteiger partial charge in [-0.05, 0) is 59.7 Å². The standard InChI is InChI=1S/C24H21F3N2O2S/c1-15-19(23(31)29-10-8-21-17(14-29)9-11-32-21)6-3-7-20(15)28-22(30)13-16-4-2-5-18(12-16)24(25,26)27/h2-7,9,11-12H,8,10,13-14H2,1H3,(H,28,30). The molecule has 0 saturated carbocycles. The van der Waals surface area contributed by atoms with E-state index in [1.165, 1.54) is 17.0 Å². The van der Waals surface area contributed by atoms with Crippen LogP contribution >= 0.6 is 11.3 Å². The van der Waals surface area contributed by atoms with E-state index in [1.807, 2.05) is 11.4 Å². The quantitative estimate of drug-likeness (QED) is 0.565. The summed E-state index contributed by atoms with van der Waals surface area (Å²) in [5, 5.41) is 4.77. The Morgan fingerprint density at radius 2 is 1.91 bits per heavy atom. The van der Waals surface area contributed by atoms with Gasteiger partial charge in [-0.1, -0.05) is 24.3 Å². The normalized spacial score (nSPS) is 13.6. The molecule has 0 radical (unpaired) electrons. The number of rotatable bonds is 4. The number of thiophene rings is 1. The van der Waals surface area contributed by atoms with Crippen molar-refractivity contribution in [2.24, 2.45) is 0 Å². The predicted octanol–water partition coefficient (Wildman–Crippen LogP) is 5.46. The molecule has 4 rings (SSSR count). The third kappa shape index (κ3) is 4.70. The topological polar surface area (TPSA) is 49.4 Å². The third-order valence-corrected chi connectivity index (χ3v) is 6.58. The monoisotopic (exact) mass is 458 g/mol. The van der Waals surface area contributed by atoms with Crippen molar-refractivity contribution in [1.29, 1.82) is 0 Å². The van der Waals surface area contributed by atoms with Gasteiger partial charge in [-0.15, -0.1) is 11.3 Å². The largest absolute Gasteiger partial charge is 0.416 e. The van der Waals surface area contributed by atoms with Crippen LogP contribution in [0, 0.1) is 6.92 Å². The minimum absolute atomic E-state index is 0.103. The Labute approximate surface area is 187 Å². The smallest absolute Gasteiger partial charge is 0.334 e. The Balaban J connectivity index is 1.47. The van der Waals surface area contributed by atoms with E-state index in [1.54, 1.807) is 41.4 Å². The molecule has 166 valence electrons. The van der Waals surface area contributed by atoms with Gasteiger partial charge in [-0.25, -0.2) is 0 Å². The van der Waals surface area contributed by atoms with Gasteiger partial charge in [0.2, 0.25) is 5.91 Å². The van der Waals surface area contributed by atoms with Gasteiger partial charge in [0, 0.05) is 29.2 Å². The van der Waals surface area contributed by atoms with Gasteiger partial charge >= 0.3 is 6.18 Å². The Morgan fingerprint density at radius 3 is 2.69 bits per heavy atom. The number of nitrogens with zero attached hydrogens (tertiary/aromatic N) is 1. The molecule has 0 fully saturated rings. The molecule has 32 heavy (non-hydrogen) atoms. The number of hydrogen-bond donors (Lipinski definition) is 1. The molecule has 4 nitrogen and oxygen atoms in total. The van der Waals surface area contributed by atoms with Crippen molar-refractivity contribution in [3.63, 3.8) is 0 Å². The Kier molecular flexibility index (Phi) is 6.06. The molecule has 0 atom stereocenters. The molecular formula is C24H21F3N2O2S. The lowest BCUT2D eigenvalue weighted by Gasteiger charge is -2.28. The van der Waals surface area contributed by atoms with Crippen molar-refractivity contribution >= 4 is 28.8 Å². The number of hydrogen-bond acceptors (Lipinski definition) is 3. The fourth-order valence-electron chi connectivity index (χ4n) is 3.83. The molecule has 1 aliphatic rings. The first kappa shape index (κ1) is 22.1. The molecule has 0 saturated heterocycles. The first-order valence-electron chi connectivity index (χ1n) is 10.1. The van der Waals surface area contributed by atoms with E-state index in [4.69, 9.17) is 0 Å². The van der Waals surface area contributed by atoms with Gasteiger partial charge in [0.05, 0.1) is 12.0 Å². The van der Waals surface area contributed by atoms with Crippen LogP contribution in [0.2, 0.25) is 0 Å². The molecule has 0 unspecified atom stereocenters. The molecule has 3 aromatic rings. The van der Waals surface area contributed by atoms with Gasteiger partial charge in [-0.3, -0.25) is 9.59 Å². The second-order valence-corrected chi connectivity index (χ2v) is 8.75. The minimum atomic E-state index is -4.46. The Bertz CT molecular complexity index is 1170. The maximum atomic E-state index is 13.1. The number of carbonyl (C=O) groups is 2. The Morgan fingerprint density at radius 1 is 1.12 bits per heavy atom. The van der Waals surface area contributed by atoms with Crippen molar-refractivity contribution in [1.82, 2.24) is 4.90 Å². The van der Waals surface area contributed by atoms with Gasteiger partial charge < -0.3 is 10.2 Å². The number of nitrogens with one attached hydrogen (secondary N) is 1. The number of carbonyl (C=O) groups excluding carboxylic acids is 2. The second kappa shape index (κ2) is 8.78. The third-order valence-electron chi connectivity index (χ3n) is 5.55. The Hall–Kier alpha value is -3.13. The zero-order valence-electron chi connectivity index (χ0n) is 17.3. The van der Waals surface area contributed by atoms with Crippen molar-refractivity contribution in [3.05, 3.63) is 86.6 Å². The van der Waals surface area contributed by atoms with Gasteiger partial charge in [0.1, 0.15) is 0 Å². The van der Waals surface area contributed by atoms with Crippen LogP contribution in [0.25, 0.3) is 0 Å². The maximum Gasteiger partial charge on any atom is 0.416 e. The van der Waals surface area contributed by atoms with E-state index in [-0.39, 0.29) is 17.9 Å².